The summed E-state index contributed by atoms with van der Waals surface area (Å²) in [5.74, 6) is -3.37. The molecule has 1 N–H and O–H groups in total. The first kappa shape index (κ1) is 36.0. The maximum atomic E-state index is 16.8. The number of aliphatic hydroxyl groups is 1. The van der Waals surface area contributed by atoms with Crippen LogP contribution in [0.25, 0.3) is 32.9 Å². The van der Waals surface area contributed by atoms with Crippen LogP contribution in [0.3, 0.4) is 0 Å². The van der Waals surface area contributed by atoms with Gasteiger partial charge in [-0.05, 0) is 43.7 Å². The lowest BCUT2D eigenvalue weighted by molar-refractivity contribution is -0.129. The normalized spacial score (nSPS) is 19.4. The third-order valence-corrected chi connectivity index (χ3v) is 10.9. The Morgan fingerprint density at radius 3 is 2.82 bits per heavy atom. The summed E-state index contributed by atoms with van der Waals surface area (Å²) in [6, 6.07) is 8.97. The molecule has 0 saturated carbocycles. The number of pyridine rings is 1. The van der Waals surface area contributed by atoms with Crippen molar-refractivity contribution in [2.24, 2.45) is 0 Å². The molecule has 2 aromatic carbocycles. The number of ether oxygens (including phenoxy) is 1. The Morgan fingerprint density at radius 2 is 2.10 bits per heavy atom. The van der Waals surface area contributed by atoms with Crippen LogP contribution in [0.15, 0.2) is 48.9 Å². The quantitative estimate of drug-likeness (QED) is 0.0734. The maximum Gasteiger partial charge on any atom is 0.319 e. The third kappa shape index (κ3) is 6.56. The van der Waals surface area contributed by atoms with Crippen LogP contribution in [0, 0.1) is 23.0 Å². The van der Waals surface area contributed by atoms with Gasteiger partial charge >= 0.3 is 6.01 Å². The molecule has 2 aliphatic heterocycles. The van der Waals surface area contributed by atoms with E-state index in [0.717, 1.165) is 32.2 Å². The van der Waals surface area contributed by atoms with Crippen LogP contribution in [0.1, 0.15) is 32.1 Å². The highest BCUT2D eigenvalue weighted by Gasteiger charge is 2.49. The first-order chi connectivity index (χ1) is 24.0. The summed E-state index contributed by atoms with van der Waals surface area (Å²) in [6.45, 7) is 4.22. The molecule has 3 atom stereocenters. The maximum absolute atomic E-state index is 16.8. The average Bonchev–Trinajstić information content (AvgIpc) is 3.69. The van der Waals surface area contributed by atoms with E-state index in [1.54, 1.807) is 36.2 Å². The summed E-state index contributed by atoms with van der Waals surface area (Å²) >= 11 is 8.29. The number of alkyl halides is 1. The number of benzene rings is 2. The molecule has 15 heteroatoms. The number of hydrogen-bond donors (Lipinski definition) is 1. The van der Waals surface area contributed by atoms with Gasteiger partial charge in [0, 0.05) is 42.3 Å². The zero-order chi connectivity index (χ0) is 35.7. The Hall–Kier alpha value is -3.78. The number of carbonyl (C=O) groups is 1. The molecule has 2 saturated heterocycles. The molecule has 50 heavy (non-hydrogen) atoms. The molecular formula is C35H34ClF3IN7O3. The summed E-state index contributed by atoms with van der Waals surface area (Å²) < 4.78 is 51.6. The molecule has 0 spiro atoms. The van der Waals surface area contributed by atoms with Gasteiger partial charge in [0.25, 0.3) is 5.91 Å². The Morgan fingerprint density at radius 1 is 1.30 bits per heavy atom. The molecule has 4 aromatic rings. The number of nitrogens with zero attached hydrogens (tertiary/aromatic N) is 7. The fourth-order valence-electron chi connectivity index (χ4n) is 7.31. The number of aliphatic hydroxyl groups excluding tert-OH is 1. The van der Waals surface area contributed by atoms with Gasteiger partial charge < -0.3 is 19.6 Å². The minimum Gasteiger partial charge on any atom is -0.462 e. The second-order valence-corrected chi connectivity index (χ2v) is 13.7. The van der Waals surface area contributed by atoms with Crippen molar-refractivity contribution in [3.05, 3.63) is 65.6 Å². The zero-order valence-electron chi connectivity index (χ0n) is 27.2. The lowest BCUT2D eigenvalue weighted by Crippen LogP contribution is -2.46. The zero-order valence-corrected chi connectivity index (χ0v) is 30.1. The number of likely N-dealkylation sites (N-methyl/N-ethyl adjacent to an activating group) is 1. The van der Waals surface area contributed by atoms with Gasteiger partial charge in [0.2, 0.25) is 0 Å². The van der Waals surface area contributed by atoms with Crippen LogP contribution in [-0.2, 0) is 4.79 Å². The predicted molar refractivity (Wildman–Crippen MR) is 193 cm³/mol. The van der Waals surface area contributed by atoms with Crippen molar-refractivity contribution in [2.45, 2.75) is 49.7 Å². The molecule has 0 aliphatic carbocycles. The van der Waals surface area contributed by atoms with Gasteiger partial charge in [-0.1, -0.05) is 65.0 Å². The number of carbonyl (C=O) groups excluding carboxylic acids is 1. The number of hydrogen-bond acceptors (Lipinski definition) is 9. The highest BCUT2D eigenvalue weighted by atomic mass is 127. The minimum atomic E-state index is -1.15. The average molecular weight is 820 g/mol. The number of nitriles is 1. The van der Waals surface area contributed by atoms with E-state index in [-0.39, 0.29) is 81.3 Å². The van der Waals surface area contributed by atoms with Gasteiger partial charge in [0.15, 0.2) is 11.6 Å². The van der Waals surface area contributed by atoms with Gasteiger partial charge in [-0.25, -0.2) is 13.2 Å². The fraction of sp³-hybridized carbons (Fsp3) is 0.400. The summed E-state index contributed by atoms with van der Waals surface area (Å²) in [7, 11) is 1.64. The van der Waals surface area contributed by atoms with Crippen LogP contribution < -0.4 is 9.64 Å². The molecule has 2 unspecified atom stereocenters. The highest BCUT2D eigenvalue weighted by molar-refractivity contribution is 14.1. The predicted octanol–water partition coefficient (Wildman–Crippen LogP) is 6.57. The van der Waals surface area contributed by atoms with E-state index in [2.05, 4.69) is 32.5 Å². The Bertz CT molecular complexity index is 2020. The van der Waals surface area contributed by atoms with Gasteiger partial charge in [0.05, 0.1) is 40.1 Å². The molecule has 1 amide bonds. The molecular weight excluding hydrogens is 786 g/mol. The summed E-state index contributed by atoms with van der Waals surface area (Å²) in [6.07, 6.45) is 4.78. The summed E-state index contributed by atoms with van der Waals surface area (Å²) in [5, 5.41) is 20.7. The van der Waals surface area contributed by atoms with E-state index >= 15 is 4.39 Å². The molecule has 262 valence electrons. The van der Waals surface area contributed by atoms with Crippen molar-refractivity contribution >= 4 is 67.6 Å². The fourth-order valence-corrected chi connectivity index (χ4v) is 8.45. The number of fused-ring (bicyclic) bond motifs is 3. The Kier molecular flexibility index (Phi) is 10.7. The van der Waals surface area contributed by atoms with E-state index in [1.165, 1.54) is 17.2 Å². The van der Waals surface area contributed by atoms with Crippen LogP contribution in [0.2, 0.25) is 5.02 Å². The molecule has 2 aliphatic rings. The SMILES string of the molecule is C=C(F)C(=O)N(CI)[C@@H](CC#N)CN(C)c1nc(OCC2CCC3(CO)CCCN23)nc2c(F)c(-c3cccc4ccc(F)c(Cl)c34)ncc12. The second kappa shape index (κ2) is 14.8. The van der Waals surface area contributed by atoms with Crippen molar-refractivity contribution in [3.63, 3.8) is 0 Å². The van der Waals surface area contributed by atoms with Crippen LogP contribution in [0.4, 0.5) is 19.0 Å². The number of anilines is 1. The topological polar surface area (TPSA) is 119 Å². The van der Waals surface area contributed by atoms with Crippen molar-refractivity contribution < 1.29 is 27.8 Å². The number of rotatable bonds is 12. The Labute approximate surface area is 305 Å². The smallest absolute Gasteiger partial charge is 0.319 e. The van der Waals surface area contributed by atoms with E-state index in [1.807, 2.05) is 22.6 Å². The monoisotopic (exact) mass is 819 g/mol. The van der Waals surface area contributed by atoms with Crippen molar-refractivity contribution in [1.82, 2.24) is 24.8 Å². The first-order valence-electron chi connectivity index (χ1n) is 16.1. The van der Waals surface area contributed by atoms with Crippen LogP contribution in [0.5, 0.6) is 6.01 Å². The second-order valence-electron chi connectivity index (χ2n) is 12.7. The van der Waals surface area contributed by atoms with E-state index in [9.17, 15) is 23.9 Å². The minimum absolute atomic E-state index is 0.00673. The van der Waals surface area contributed by atoms with Crippen molar-refractivity contribution in [2.75, 3.05) is 42.8 Å². The van der Waals surface area contributed by atoms with Gasteiger partial charge in [0.1, 0.15) is 29.5 Å². The van der Waals surface area contributed by atoms with E-state index in [0.29, 0.717) is 10.8 Å². The first-order valence-corrected chi connectivity index (χ1v) is 18.0. The number of halogens is 5. The summed E-state index contributed by atoms with van der Waals surface area (Å²) in [4.78, 5) is 31.3. The third-order valence-electron chi connectivity index (χ3n) is 9.80. The van der Waals surface area contributed by atoms with Gasteiger partial charge in [-0.15, -0.1) is 0 Å². The van der Waals surface area contributed by atoms with Crippen molar-refractivity contribution in [3.8, 4) is 23.3 Å². The molecule has 10 nitrogen and oxygen atoms in total. The lowest BCUT2D eigenvalue weighted by Gasteiger charge is -2.33. The number of amides is 1. The molecule has 2 fully saturated rings. The molecule has 6 rings (SSSR count). The van der Waals surface area contributed by atoms with Crippen LogP contribution in [-0.4, -0.2) is 91.3 Å². The summed E-state index contributed by atoms with van der Waals surface area (Å²) in [5.41, 5.74) is -0.239. The van der Waals surface area contributed by atoms with Crippen LogP contribution >= 0.6 is 34.2 Å². The standard InChI is InChI=1S/C35H34ClF3IN7O3/c1-20(37)33(49)46(19-40)22(10-13-41)16-45(2)32-25-15-42-30(24-6-3-5-21-7-8-26(38)28(36)27(21)24)29(39)31(25)43-34(44-32)50-17-23-9-12-35(18-48)11-4-14-47(23)35/h3,5-8,15,22-23,48H,1,4,9-12,14,16-19H2,2H3/t22-,23?,35?/m0/s1. The lowest BCUT2D eigenvalue weighted by atomic mass is 9.95. The molecule has 0 radical (unpaired) electrons. The molecule has 2 aromatic heterocycles. The van der Waals surface area contributed by atoms with Crippen molar-refractivity contribution in [1.29, 1.82) is 5.26 Å². The van der Waals surface area contributed by atoms with E-state index < -0.39 is 29.4 Å². The Balaban J connectivity index is 1.43. The highest BCUT2D eigenvalue weighted by Crippen LogP contribution is 2.42. The van der Waals surface area contributed by atoms with Gasteiger partial charge in [-0.2, -0.15) is 15.2 Å². The van der Waals surface area contributed by atoms with E-state index in [4.69, 9.17) is 16.3 Å². The molecule has 4 heterocycles. The van der Waals surface area contributed by atoms with Gasteiger partial charge in [-0.3, -0.25) is 14.7 Å². The largest absolute Gasteiger partial charge is 0.462 e. The number of aromatic nitrogens is 3. The molecule has 0 bridgehead atoms.